The van der Waals surface area contributed by atoms with E-state index in [2.05, 4.69) is 4.28 Å². The van der Waals surface area contributed by atoms with Crippen molar-refractivity contribution in [3.05, 3.63) is 11.6 Å². The molecular formula is C9H14N4O6S. The lowest BCUT2D eigenvalue weighted by Crippen LogP contribution is -2.46. The molecule has 2 rings (SSSR count). The van der Waals surface area contributed by atoms with Crippen LogP contribution in [0.25, 0.3) is 0 Å². The maximum Gasteiger partial charge on any atom is 0.418 e. The summed E-state index contributed by atoms with van der Waals surface area (Å²) in [5, 5.41) is 0.514. The number of nitrogens with zero attached hydrogens (tertiary/aromatic N) is 2. The van der Waals surface area contributed by atoms with Crippen LogP contribution in [0, 0.1) is 0 Å². The van der Waals surface area contributed by atoms with E-state index in [1.165, 1.54) is 6.08 Å². The van der Waals surface area contributed by atoms with Gasteiger partial charge in [0.15, 0.2) is 0 Å². The molecule has 112 valence electrons. The average molecular weight is 306 g/mol. The standard InChI is InChI=1S/C9H14N4O6S/c10-2-1-5-3-6(8(11)14)12-4-7(5)13(9(12)15)19-20(16,17)18/h3,6-7H,1-2,4,10H2,(H2,11,14)(H,16,17,18). The van der Waals surface area contributed by atoms with Gasteiger partial charge in [0, 0.05) is 0 Å². The molecule has 1 fully saturated rings. The van der Waals surface area contributed by atoms with Crippen LogP contribution >= 0.6 is 0 Å². The van der Waals surface area contributed by atoms with Gasteiger partial charge in [0.25, 0.3) is 0 Å². The number of carbonyl (C=O) groups is 2. The minimum Gasteiger partial charge on any atom is -0.368 e. The summed E-state index contributed by atoms with van der Waals surface area (Å²) in [6.07, 6.45) is 1.80. The zero-order valence-corrected chi connectivity index (χ0v) is 11.1. The summed E-state index contributed by atoms with van der Waals surface area (Å²) in [6, 6.07) is -2.58. The van der Waals surface area contributed by atoms with Crippen LogP contribution in [-0.2, 0) is 19.5 Å². The van der Waals surface area contributed by atoms with E-state index in [1.807, 2.05) is 0 Å². The Balaban J connectivity index is 2.36. The van der Waals surface area contributed by atoms with E-state index in [1.54, 1.807) is 0 Å². The molecule has 2 heterocycles. The van der Waals surface area contributed by atoms with Gasteiger partial charge in [0.05, 0.1) is 6.54 Å². The second-order valence-corrected chi connectivity index (χ2v) is 5.41. The lowest BCUT2D eigenvalue weighted by molar-refractivity contribution is -0.120. The van der Waals surface area contributed by atoms with Gasteiger partial charge in [-0.2, -0.15) is 13.5 Å². The molecule has 20 heavy (non-hydrogen) atoms. The number of hydroxylamine groups is 2. The summed E-state index contributed by atoms with van der Waals surface area (Å²) in [5.41, 5.74) is 11.2. The molecule has 2 aliphatic heterocycles. The Morgan fingerprint density at radius 2 is 2.20 bits per heavy atom. The number of rotatable bonds is 5. The van der Waals surface area contributed by atoms with Crippen molar-refractivity contribution in [3.8, 4) is 0 Å². The van der Waals surface area contributed by atoms with Gasteiger partial charge in [-0.05, 0) is 18.5 Å². The fraction of sp³-hybridized carbons (Fsp3) is 0.556. The molecule has 0 aromatic carbocycles. The van der Waals surface area contributed by atoms with Crippen LogP contribution in [0.3, 0.4) is 0 Å². The van der Waals surface area contributed by atoms with Crippen LogP contribution in [-0.4, -0.2) is 60.0 Å². The number of carbonyl (C=O) groups excluding carboxylic acids is 2. The first kappa shape index (κ1) is 14.7. The highest BCUT2D eigenvalue weighted by atomic mass is 32.3. The smallest absolute Gasteiger partial charge is 0.368 e. The molecule has 2 aliphatic rings. The normalized spacial score (nSPS) is 25.9. The summed E-state index contributed by atoms with van der Waals surface area (Å²) in [5.74, 6) is -0.750. The third-order valence-electron chi connectivity index (χ3n) is 3.12. The number of fused-ring (bicyclic) bond motifs is 2. The van der Waals surface area contributed by atoms with E-state index < -0.39 is 34.4 Å². The Kier molecular flexibility index (Phi) is 3.69. The molecule has 0 spiro atoms. The van der Waals surface area contributed by atoms with E-state index in [-0.39, 0.29) is 13.1 Å². The second-order valence-electron chi connectivity index (χ2n) is 4.41. The molecule has 1 saturated heterocycles. The first-order valence-electron chi connectivity index (χ1n) is 5.71. The van der Waals surface area contributed by atoms with E-state index in [9.17, 15) is 18.0 Å². The minimum absolute atomic E-state index is 0.0355. The Bertz CT molecular complexity index is 573. The Hall–Kier alpha value is -1.69. The van der Waals surface area contributed by atoms with Crippen molar-refractivity contribution < 1.29 is 26.8 Å². The molecule has 2 unspecified atom stereocenters. The third-order valence-corrected chi connectivity index (χ3v) is 3.47. The molecule has 5 N–H and O–H groups in total. The molecule has 0 aromatic heterocycles. The van der Waals surface area contributed by atoms with Crippen molar-refractivity contribution in [2.75, 3.05) is 13.1 Å². The highest BCUT2D eigenvalue weighted by molar-refractivity contribution is 7.80. The topological polar surface area (TPSA) is 156 Å². The predicted molar refractivity (Wildman–Crippen MR) is 65.1 cm³/mol. The second kappa shape index (κ2) is 5.01. The quantitative estimate of drug-likeness (QED) is 0.390. The predicted octanol–water partition coefficient (Wildman–Crippen LogP) is -2.03. The molecule has 2 bridgehead atoms. The van der Waals surface area contributed by atoms with E-state index in [0.29, 0.717) is 17.1 Å². The molecule has 3 amide bonds. The molecular weight excluding hydrogens is 292 g/mol. The molecule has 10 nitrogen and oxygen atoms in total. The average Bonchev–Trinajstić information content (AvgIpc) is 2.57. The zero-order valence-electron chi connectivity index (χ0n) is 10.3. The Morgan fingerprint density at radius 1 is 1.55 bits per heavy atom. The van der Waals surface area contributed by atoms with Crippen molar-refractivity contribution in [1.82, 2.24) is 9.96 Å². The number of hydrogen-bond acceptors (Lipinski definition) is 6. The highest BCUT2D eigenvalue weighted by Gasteiger charge is 2.49. The third kappa shape index (κ3) is 2.60. The number of primary amides is 1. The molecule has 0 saturated carbocycles. The molecule has 0 radical (unpaired) electrons. The van der Waals surface area contributed by atoms with Crippen LogP contribution in [0.1, 0.15) is 6.42 Å². The summed E-state index contributed by atoms with van der Waals surface area (Å²) in [7, 11) is -4.85. The monoisotopic (exact) mass is 306 g/mol. The van der Waals surface area contributed by atoms with Gasteiger partial charge in [0.1, 0.15) is 12.1 Å². The molecule has 0 aliphatic carbocycles. The summed E-state index contributed by atoms with van der Waals surface area (Å²) in [6.45, 7) is 0.273. The van der Waals surface area contributed by atoms with Crippen molar-refractivity contribution in [3.63, 3.8) is 0 Å². The number of urea groups is 1. The van der Waals surface area contributed by atoms with Crippen molar-refractivity contribution in [2.24, 2.45) is 11.5 Å². The lowest BCUT2D eigenvalue weighted by atomic mass is 9.97. The van der Waals surface area contributed by atoms with Crippen molar-refractivity contribution in [2.45, 2.75) is 18.5 Å². The van der Waals surface area contributed by atoms with Crippen LogP contribution in [0.4, 0.5) is 4.79 Å². The lowest BCUT2D eigenvalue weighted by Gasteiger charge is -2.27. The summed E-state index contributed by atoms with van der Waals surface area (Å²) in [4.78, 5) is 24.4. The fourth-order valence-electron chi connectivity index (χ4n) is 2.34. The van der Waals surface area contributed by atoms with Crippen molar-refractivity contribution >= 4 is 22.3 Å². The maximum absolute atomic E-state index is 12.0. The van der Waals surface area contributed by atoms with E-state index >= 15 is 0 Å². The molecule has 0 aromatic rings. The van der Waals surface area contributed by atoms with Gasteiger partial charge in [-0.25, -0.2) is 4.79 Å². The first-order chi connectivity index (χ1) is 9.24. The van der Waals surface area contributed by atoms with Crippen LogP contribution < -0.4 is 11.5 Å². The van der Waals surface area contributed by atoms with Gasteiger partial charge >= 0.3 is 16.4 Å². The minimum atomic E-state index is -4.85. The van der Waals surface area contributed by atoms with Crippen LogP contribution in [0.2, 0.25) is 0 Å². The largest absolute Gasteiger partial charge is 0.418 e. The first-order valence-corrected chi connectivity index (χ1v) is 7.08. The van der Waals surface area contributed by atoms with Gasteiger partial charge < -0.3 is 16.4 Å². The number of hydrogen-bond donors (Lipinski definition) is 3. The maximum atomic E-state index is 12.0. The number of nitrogens with two attached hydrogens (primary N) is 2. The van der Waals surface area contributed by atoms with Gasteiger partial charge in [-0.1, -0.05) is 6.08 Å². The summed E-state index contributed by atoms with van der Waals surface area (Å²) < 4.78 is 34.5. The van der Waals surface area contributed by atoms with Gasteiger partial charge in [-0.15, -0.1) is 4.28 Å². The highest BCUT2D eigenvalue weighted by Crippen LogP contribution is 2.31. The summed E-state index contributed by atoms with van der Waals surface area (Å²) >= 11 is 0. The van der Waals surface area contributed by atoms with E-state index in [4.69, 9.17) is 16.0 Å². The fourth-order valence-corrected chi connectivity index (χ4v) is 2.71. The van der Waals surface area contributed by atoms with Gasteiger partial charge in [0.2, 0.25) is 5.91 Å². The SMILES string of the molecule is NCCC1=CC(C(N)=O)N2CC1N(OS(=O)(=O)O)C2=O. The van der Waals surface area contributed by atoms with Gasteiger partial charge in [-0.3, -0.25) is 9.35 Å². The van der Waals surface area contributed by atoms with E-state index in [0.717, 1.165) is 4.90 Å². The molecule has 2 atom stereocenters. The van der Waals surface area contributed by atoms with Crippen LogP contribution in [0.15, 0.2) is 11.6 Å². The Labute approximate surface area is 114 Å². The zero-order chi connectivity index (χ0) is 15.1. The number of amides is 3. The Morgan fingerprint density at radius 3 is 2.70 bits per heavy atom. The van der Waals surface area contributed by atoms with Crippen LogP contribution in [0.5, 0.6) is 0 Å². The van der Waals surface area contributed by atoms with Crippen molar-refractivity contribution in [1.29, 1.82) is 0 Å². The molecule has 11 heteroatoms.